The average Bonchev–Trinajstić information content (AvgIpc) is 3.41. The van der Waals surface area contributed by atoms with E-state index in [4.69, 9.17) is 0 Å². The molecular formula is C27H39F2N5O6. The van der Waals surface area contributed by atoms with Crippen molar-refractivity contribution in [2.45, 2.75) is 77.4 Å². The van der Waals surface area contributed by atoms with E-state index in [1.54, 1.807) is 11.8 Å². The maximum Gasteiger partial charge on any atom is 0.265 e. The molecular weight excluding hydrogens is 528 g/mol. The number of benzene rings is 1. The lowest BCUT2D eigenvalue weighted by atomic mass is 9.95. The van der Waals surface area contributed by atoms with Crippen LogP contribution in [0.5, 0.6) is 0 Å². The van der Waals surface area contributed by atoms with Gasteiger partial charge in [0.2, 0.25) is 17.7 Å². The molecule has 0 bridgehead atoms. The van der Waals surface area contributed by atoms with Crippen LogP contribution in [0.1, 0.15) is 69.7 Å². The number of hydrogen-bond acceptors (Lipinski definition) is 6. The first-order valence-electron chi connectivity index (χ1n) is 13.5. The summed E-state index contributed by atoms with van der Waals surface area (Å²) in [6.07, 6.45) is 2.48. The van der Waals surface area contributed by atoms with E-state index in [2.05, 4.69) is 10.6 Å². The fraction of sp³-hybridized carbons (Fsp3) is 0.593. The summed E-state index contributed by atoms with van der Waals surface area (Å²) >= 11 is 0. The first kappa shape index (κ1) is 32.6. The number of likely N-dealkylation sites (tertiary alicyclic amines) is 1. The zero-order valence-electron chi connectivity index (χ0n) is 23.3. The van der Waals surface area contributed by atoms with Gasteiger partial charge in [0, 0.05) is 38.2 Å². The van der Waals surface area contributed by atoms with Gasteiger partial charge in [0.1, 0.15) is 29.8 Å². The maximum atomic E-state index is 13.5. The number of rotatable bonds is 13. The normalized spacial score (nSPS) is 17.0. The van der Waals surface area contributed by atoms with Gasteiger partial charge in [-0.2, -0.15) is 0 Å². The van der Waals surface area contributed by atoms with Crippen LogP contribution < -0.4 is 16.1 Å². The van der Waals surface area contributed by atoms with Crippen molar-refractivity contribution in [3.05, 3.63) is 35.4 Å². The van der Waals surface area contributed by atoms with Crippen LogP contribution in [0.25, 0.3) is 0 Å². The van der Waals surface area contributed by atoms with Gasteiger partial charge in [-0.3, -0.25) is 29.2 Å². The van der Waals surface area contributed by atoms with Crippen LogP contribution in [0, 0.1) is 17.6 Å². The molecule has 1 aromatic carbocycles. The standard InChI is InChI=1S/C27H39F2N5O6/c1-5-8-22(35)34-12-7-9-21(34)27(39)33(4)23(16(3)6-2)26(38)31-20(25(37)32-40)10-11-30-24(36)17-13-18(28)15-19(29)14-17/h13-16,20-21,23,40H,5-12H2,1-4H3,(H,30,36)(H,31,38)(H,32,37)/t16?,20?,21-,23?/m0/s1. The summed E-state index contributed by atoms with van der Waals surface area (Å²) < 4.78 is 26.8. The average molecular weight is 568 g/mol. The Morgan fingerprint density at radius 3 is 2.33 bits per heavy atom. The molecule has 1 aliphatic heterocycles. The summed E-state index contributed by atoms with van der Waals surface area (Å²) in [6, 6.07) is -0.642. The van der Waals surface area contributed by atoms with E-state index >= 15 is 0 Å². The molecule has 0 aromatic heterocycles. The predicted octanol–water partition coefficient (Wildman–Crippen LogP) is 1.74. The Morgan fingerprint density at radius 1 is 1.10 bits per heavy atom. The molecule has 0 saturated carbocycles. The lowest BCUT2D eigenvalue weighted by molar-refractivity contribution is -0.148. The van der Waals surface area contributed by atoms with E-state index in [0.29, 0.717) is 44.7 Å². The molecule has 1 fully saturated rings. The second-order valence-corrected chi connectivity index (χ2v) is 10.0. The third-order valence-electron chi connectivity index (χ3n) is 7.13. The van der Waals surface area contributed by atoms with Gasteiger partial charge < -0.3 is 20.4 Å². The van der Waals surface area contributed by atoms with Crippen molar-refractivity contribution >= 4 is 29.5 Å². The van der Waals surface area contributed by atoms with E-state index in [-0.39, 0.29) is 36.3 Å². The van der Waals surface area contributed by atoms with Crippen LogP contribution in [0.3, 0.4) is 0 Å². The van der Waals surface area contributed by atoms with Crippen molar-refractivity contribution in [2.75, 3.05) is 20.1 Å². The Kier molecular flexibility index (Phi) is 12.4. The highest BCUT2D eigenvalue weighted by atomic mass is 19.1. The molecule has 2 rings (SSSR count). The zero-order chi connectivity index (χ0) is 30.0. The minimum absolute atomic E-state index is 0.112. The second-order valence-electron chi connectivity index (χ2n) is 10.0. The lowest BCUT2D eigenvalue weighted by Crippen LogP contribution is -2.58. The van der Waals surface area contributed by atoms with Gasteiger partial charge in [0.25, 0.3) is 11.8 Å². The minimum Gasteiger partial charge on any atom is -0.352 e. The number of hydroxylamine groups is 1. The van der Waals surface area contributed by atoms with E-state index in [0.717, 1.165) is 12.1 Å². The van der Waals surface area contributed by atoms with Gasteiger partial charge in [-0.15, -0.1) is 0 Å². The number of amides is 5. The molecule has 4 atom stereocenters. The molecule has 0 aliphatic carbocycles. The van der Waals surface area contributed by atoms with Gasteiger partial charge in [-0.05, 0) is 43.7 Å². The van der Waals surface area contributed by atoms with E-state index in [9.17, 15) is 38.0 Å². The molecule has 0 spiro atoms. The summed E-state index contributed by atoms with van der Waals surface area (Å²) in [4.78, 5) is 66.9. The summed E-state index contributed by atoms with van der Waals surface area (Å²) in [5.41, 5.74) is 1.21. The quantitative estimate of drug-likeness (QED) is 0.211. The number of nitrogens with one attached hydrogen (secondary N) is 3. The first-order valence-corrected chi connectivity index (χ1v) is 13.5. The van der Waals surface area contributed by atoms with E-state index < -0.39 is 47.5 Å². The molecule has 1 heterocycles. The third kappa shape index (κ3) is 8.44. The molecule has 5 amide bonds. The molecule has 40 heavy (non-hydrogen) atoms. The minimum atomic E-state index is -1.30. The highest BCUT2D eigenvalue weighted by Gasteiger charge is 2.40. The number of likely N-dealkylation sites (N-methyl/N-ethyl adjacent to an activating group) is 1. The Balaban J connectivity index is 2.13. The SMILES string of the molecule is CCCC(=O)N1CCC[C@H]1C(=O)N(C)C(C(=O)NC(CCNC(=O)c1cc(F)cc(F)c1)C(=O)NO)C(C)CC. The molecule has 11 nitrogen and oxygen atoms in total. The molecule has 222 valence electrons. The maximum absolute atomic E-state index is 13.5. The molecule has 3 unspecified atom stereocenters. The largest absolute Gasteiger partial charge is 0.352 e. The van der Waals surface area contributed by atoms with Crippen molar-refractivity contribution < 1.29 is 38.0 Å². The van der Waals surface area contributed by atoms with Gasteiger partial charge in [0.05, 0.1) is 0 Å². The van der Waals surface area contributed by atoms with Crippen molar-refractivity contribution in [1.82, 2.24) is 25.9 Å². The lowest BCUT2D eigenvalue weighted by Gasteiger charge is -2.35. The van der Waals surface area contributed by atoms with Gasteiger partial charge in [0.15, 0.2) is 0 Å². The summed E-state index contributed by atoms with van der Waals surface area (Å²) in [7, 11) is 1.49. The van der Waals surface area contributed by atoms with Crippen LogP contribution in [-0.4, -0.2) is 82.8 Å². The van der Waals surface area contributed by atoms with Crippen LogP contribution in [0.2, 0.25) is 0 Å². The van der Waals surface area contributed by atoms with Crippen molar-refractivity contribution in [2.24, 2.45) is 5.92 Å². The number of carbonyl (C=O) groups is 5. The summed E-state index contributed by atoms with van der Waals surface area (Å²) in [5.74, 6) is -5.07. The van der Waals surface area contributed by atoms with Gasteiger partial charge >= 0.3 is 0 Å². The smallest absolute Gasteiger partial charge is 0.265 e. The number of halogens is 2. The number of hydrogen-bond donors (Lipinski definition) is 4. The van der Waals surface area contributed by atoms with Crippen LogP contribution in [0.4, 0.5) is 8.78 Å². The fourth-order valence-electron chi connectivity index (χ4n) is 4.81. The van der Waals surface area contributed by atoms with Gasteiger partial charge in [-0.25, -0.2) is 14.3 Å². The van der Waals surface area contributed by atoms with E-state index in [1.165, 1.54) is 17.4 Å². The van der Waals surface area contributed by atoms with Crippen molar-refractivity contribution in [3.63, 3.8) is 0 Å². The highest BCUT2D eigenvalue weighted by molar-refractivity contribution is 5.95. The van der Waals surface area contributed by atoms with Gasteiger partial charge in [-0.1, -0.05) is 27.2 Å². The summed E-state index contributed by atoms with van der Waals surface area (Å²) in [6.45, 7) is 5.79. The zero-order valence-corrected chi connectivity index (χ0v) is 23.3. The highest BCUT2D eigenvalue weighted by Crippen LogP contribution is 2.23. The monoisotopic (exact) mass is 567 g/mol. The first-order chi connectivity index (χ1) is 18.9. The van der Waals surface area contributed by atoms with Crippen LogP contribution in [0.15, 0.2) is 18.2 Å². The third-order valence-corrected chi connectivity index (χ3v) is 7.13. The Hall–Kier alpha value is -3.61. The molecule has 0 radical (unpaired) electrons. The fourth-order valence-corrected chi connectivity index (χ4v) is 4.81. The predicted molar refractivity (Wildman–Crippen MR) is 141 cm³/mol. The van der Waals surface area contributed by atoms with Crippen molar-refractivity contribution in [3.8, 4) is 0 Å². The van der Waals surface area contributed by atoms with Crippen molar-refractivity contribution in [1.29, 1.82) is 0 Å². The van der Waals surface area contributed by atoms with Crippen LogP contribution >= 0.6 is 0 Å². The number of nitrogens with zero attached hydrogens (tertiary/aromatic N) is 2. The topological polar surface area (TPSA) is 148 Å². The number of carbonyl (C=O) groups excluding carboxylic acids is 5. The summed E-state index contributed by atoms with van der Waals surface area (Å²) in [5, 5.41) is 14.2. The second kappa shape index (κ2) is 15.2. The molecule has 1 aromatic rings. The Morgan fingerprint density at radius 2 is 1.75 bits per heavy atom. The molecule has 13 heteroatoms. The molecule has 1 saturated heterocycles. The Labute approximate surface area is 232 Å². The molecule has 4 N–H and O–H groups in total. The molecule has 1 aliphatic rings. The van der Waals surface area contributed by atoms with E-state index in [1.807, 2.05) is 13.8 Å². The van der Waals surface area contributed by atoms with Crippen LogP contribution in [-0.2, 0) is 19.2 Å². The Bertz CT molecular complexity index is 1070.